The molecule has 0 bridgehead atoms. The molecule has 0 aliphatic carbocycles. The first kappa shape index (κ1) is 8.42. The Morgan fingerprint density at radius 2 is 2.23 bits per heavy atom. The van der Waals surface area contributed by atoms with Gasteiger partial charge in [-0.05, 0) is 37.8 Å². The standard InChI is InChI=1S/C11H14N2/c1-9-5-4-8-13-11(9)10-6-2-3-7-12-10/h4-5,8H,2-3,6-7H2,1H3. The Labute approximate surface area is 78.7 Å². The summed E-state index contributed by atoms with van der Waals surface area (Å²) in [6.45, 7) is 3.07. The van der Waals surface area contributed by atoms with Crippen molar-refractivity contribution < 1.29 is 0 Å². The van der Waals surface area contributed by atoms with Gasteiger partial charge in [0.05, 0.1) is 11.4 Å². The molecule has 0 atom stereocenters. The zero-order valence-electron chi connectivity index (χ0n) is 7.95. The van der Waals surface area contributed by atoms with Crippen LogP contribution >= 0.6 is 0 Å². The van der Waals surface area contributed by atoms with E-state index in [9.17, 15) is 0 Å². The molecule has 13 heavy (non-hydrogen) atoms. The summed E-state index contributed by atoms with van der Waals surface area (Å²) in [6, 6.07) is 4.07. The maximum atomic E-state index is 4.51. The van der Waals surface area contributed by atoms with E-state index in [0.29, 0.717) is 0 Å². The van der Waals surface area contributed by atoms with Crippen molar-refractivity contribution in [1.29, 1.82) is 0 Å². The molecule has 0 spiro atoms. The lowest BCUT2D eigenvalue weighted by atomic mass is 10.0. The third kappa shape index (κ3) is 1.77. The second kappa shape index (κ2) is 3.69. The van der Waals surface area contributed by atoms with E-state index in [1.807, 2.05) is 12.3 Å². The van der Waals surface area contributed by atoms with E-state index in [2.05, 4.69) is 23.0 Å². The molecule has 0 saturated heterocycles. The maximum Gasteiger partial charge on any atom is 0.0868 e. The van der Waals surface area contributed by atoms with Crippen LogP contribution in [0.4, 0.5) is 0 Å². The second-order valence-corrected chi connectivity index (χ2v) is 3.45. The number of aromatic nitrogens is 1. The minimum Gasteiger partial charge on any atom is -0.288 e. The van der Waals surface area contributed by atoms with E-state index in [1.54, 1.807) is 0 Å². The third-order valence-electron chi connectivity index (χ3n) is 2.41. The molecule has 0 radical (unpaired) electrons. The van der Waals surface area contributed by atoms with E-state index in [4.69, 9.17) is 0 Å². The zero-order chi connectivity index (χ0) is 9.10. The van der Waals surface area contributed by atoms with Crippen molar-refractivity contribution in [2.45, 2.75) is 26.2 Å². The van der Waals surface area contributed by atoms with Crippen molar-refractivity contribution in [1.82, 2.24) is 4.98 Å². The number of pyridine rings is 1. The number of aliphatic imine (C=N–C) groups is 1. The first-order valence-corrected chi connectivity index (χ1v) is 4.83. The van der Waals surface area contributed by atoms with Crippen LogP contribution in [0.2, 0.25) is 0 Å². The Morgan fingerprint density at radius 3 is 2.92 bits per heavy atom. The summed E-state index contributed by atoms with van der Waals surface area (Å²) in [5, 5.41) is 0. The van der Waals surface area contributed by atoms with Crippen molar-refractivity contribution in [3.8, 4) is 0 Å². The first-order chi connectivity index (χ1) is 6.38. The van der Waals surface area contributed by atoms with E-state index in [-0.39, 0.29) is 0 Å². The summed E-state index contributed by atoms with van der Waals surface area (Å²) in [5.74, 6) is 0. The summed E-state index contributed by atoms with van der Waals surface area (Å²) in [5.41, 5.74) is 3.54. The lowest BCUT2D eigenvalue weighted by Gasteiger charge is -2.12. The van der Waals surface area contributed by atoms with Gasteiger partial charge in [0.1, 0.15) is 0 Å². The summed E-state index contributed by atoms with van der Waals surface area (Å²) in [4.78, 5) is 8.89. The Balaban J connectivity index is 2.34. The molecule has 0 saturated carbocycles. The highest BCUT2D eigenvalue weighted by Crippen LogP contribution is 2.14. The van der Waals surface area contributed by atoms with Gasteiger partial charge in [-0.15, -0.1) is 0 Å². The van der Waals surface area contributed by atoms with Crippen molar-refractivity contribution in [2.75, 3.05) is 6.54 Å². The van der Waals surface area contributed by atoms with Gasteiger partial charge >= 0.3 is 0 Å². The summed E-state index contributed by atoms with van der Waals surface area (Å²) < 4.78 is 0. The smallest absolute Gasteiger partial charge is 0.0868 e. The quantitative estimate of drug-likeness (QED) is 0.641. The minimum absolute atomic E-state index is 0.978. The van der Waals surface area contributed by atoms with Gasteiger partial charge in [-0.2, -0.15) is 0 Å². The van der Waals surface area contributed by atoms with E-state index < -0.39 is 0 Å². The molecule has 0 amide bonds. The SMILES string of the molecule is Cc1cccnc1C1=NCCCC1. The average Bonchev–Trinajstić information content (AvgIpc) is 2.20. The molecule has 0 unspecified atom stereocenters. The molecular formula is C11H14N2. The first-order valence-electron chi connectivity index (χ1n) is 4.83. The molecule has 1 aromatic rings. The molecule has 0 aromatic carbocycles. The second-order valence-electron chi connectivity index (χ2n) is 3.45. The van der Waals surface area contributed by atoms with Gasteiger partial charge in [0.15, 0.2) is 0 Å². The van der Waals surface area contributed by atoms with Crippen molar-refractivity contribution in [2.24, 2.45) is 4.99 Å². The van der Waals surface area contributed by atoms with Gasteiger partial charge in [0.25, 0.3) is 0 Å². The molecule has 0 fully saturated rings. The van der Waals surface area contributed by atoms with Crippen LogP contribution in [0.15, 0.2) is 23.3 Å². The molecule has 2 nitrogen and oxygen atoms in total. The summed E-state index contributed by atoms with van der Waals surface area (Å²) in [7, 11) is 0. The Morgan fingerprint density at radius 1 is 1.31 bits per heavy atom. The molecule has 2 rings (SSSR count). The van der Waals surface area contributed by atoms with Gasteiger partial charge in [0.2, 0.25) is 0 Å². The number of rotatable bonds is 1. The molecule has 68 valence electrons. The lowest BCUT2D eigenvalue weighted by molar-refractivity contribution is 0.736. The Kier molecular flexibility index (Phi) is 2.39. The van der Waals surface area contributed by atoms with Crippen LogP contribution in [0.25, 0.3) is 0 Å². The predicted molar refractivity (Wildman–Crippen MR) is 54.2 cm³/mol. The molecule has 1 aliphatic rings. The topological polar surface area (TPSA) is 25.2 Å². The number of hydrogen-bond donors (Lipinski definition) is 0. The molecule has 0 N–H and O–H groups in total. The average molecular weight is 174 g/mol. The van der Waals surface area contributed by atoms with Crippen LogP contribution in [0, 0.1) is 6.92 Å². The van der Waals surface area contributed by atoms with Crippen molar-refractivity contribution in [3.05, 3.63) is 29.6 Å². The van der Waals surface area contributed by atoms with E-state index in [0.717, 1.165) is 18.7 Å². The molecule has 1 aromatic heterocycles. The number of hydrogen-bond acceptors (Lipinski definition) is 2. The van der Waals surface area contributed by atoms with E-state index >= 15 is 0 Å². The monoisotopic (exact) mass is 174 g/mol. The van der Waals surface area contributed by atoms with Gasteiger partial charge in [0, 0.05) is 12.7 Å². The fourth-order valence-corrected chi connectivity index (χ4v) is 1.68. The Hall–Kier alpha value is -1.18. The van der Waals surface area contributed by atoms with Crippen LogP contribution < -0.4 is 0 Å². The van der Waals surface area contributed by atoms with Crippen LogP contribution in [0.3, 0.4) is 0 Å². The van der Waals surface area contributed by atoms with Gasteiger partial charge in [-0.25, -0.2) is 0 Å². The van der Waals surface area contributed by atoms with Crippen molar-refractivity contribution in [3.63, 3.8) is 0 Å². The zero-order valence-corrected chi connectivity index (χ0v) is 7.95. The fourth-order valence-electron chi connectivity index (χ4n) is 1.68. The van der Waals surface area contributed by atoms with Gasteiger partial charge in [-0.1, -0.05) is 6.07 Å². The highest BCUT2D eigenvalue weighted by Gasteiger charge is 2.10. The lowest BCUT2D eigenvalue weighted by Crippen LogP contribution is -2.10. The van der Waals surface area contributed by atoms with E-state index in [1.165, 1.54) is 24.1 Å². The van der Waals surface area contributed by atoms with Crippen LogP contribution in [0.5, 0.6) is 0 Å². The van der Waals surface area contributed by atoms with Crippen LogP contribution in [-0.2, 0) is 0 Å². The number of nitrogens with zero attached hydrogens (tertiary/aromatic N) is 2. The van der Waals surface area contributed by atoms with Gasteiger partial charge < -0.3 is 0 Å². The Bertz CT molecular complexity index is 329. The third-order valence-corrected chi connectivity index (χ3v) is 2.41. The van der Waals surface area contributed by atoms with Crippen LogP contribution in [0.1, 0.15) is 30.5 Å². The number of aryl methyl sites for hydroxylation is 1. The predicted octanol–water partition coefficient (Wildman–Crippen LogP) is 2.36. The highest BCUT2D eigenvalue weighted by atomic mass is 14.8. The van der Waals surface area contributed by atoms with Crippen molar-refractivity contribution >= 4 is 5.71 Å². The van der Waals surface area contributed by atoms with Gasteiger partial charge in [-0.3, -0.25) is 9.98 Å². The molecule has 1 aliphatic heterocycles. The normalized spacial score (nSPS) is 16.8. The molecule has 2 heterocycles. The summed E-state index contributed by atoms with van der Waals surface area (Å²) >= 11 is 0. The highest BCUT2D eigenvalue weighted by molar-refractivity contribution is 6.00. The molecule has 2 heteroatoms. The minimum atomic E-state index is 0.978. The van der Waals surface area contributed by atoms with Crippen LogP contribution in [-0.4, -0.2) is 17.2 Å². The molecular weight excluding hydrogens is 160 g/mol. The fraction of sp³-hybridized carbons (Fsp3) is 0.455. The summed E-state index contributed by atoms with van der Waals surface area (Å²) in [6.07, 6.45) is 5.43. The maximum absolute atomic E-state index is 4.51. The largest absolute Gasteiger partial charge is 0.288 e.